The molecule has 1 heterocycles. The highest BCUT2D eigenvalue weighted by molar-refractivity contribution is 5.89. The number of anilines is 1. The molecule has 0 spiro atoms. The molecule has 0 saturated carbocycles. The van der Waals surface area contributed by atoms with Crippen molar-refractivity contribution >= 4 is 17.9 Å². The van der Waals surface area contributed by atoms with Crippen LogP contribution in [0.25, 0.3) is 0 Å². The van der Waals surface area contributed by atoms with Gasteiger partial charge in [0.2, 0.25) is 0 Å². The molecule has 0 aliphatic rings. The van der Waals surface area contributed by atoms with E-state index in [2.05, 4.69) is 20.5 Å². The lowest BCUT2D eigenvalue weighted by Crippen LogP contribution is -2.45. The van der Waals surface area contributed by atoms with E-state index in [0.29, 0.717) is 5.82 Å². The molecule has 1 aromatic rings. The van der Waals surface area contributed by atoms with Gasteiger partial charge in [-0.05, 0) is 19.1 Å². The lowest BCUT2D eigenvalue weighted by molar-refractivity contribution is 0.119. The van der Waals surface area contributed by atoms with Gasteiger partial charge in [0.15, 0.2) is 0 Å². The summed E-state index contributed by atoms with van der Waals surface area (Å²) in [4.78, 5) is 26.5. The van der Waals surface area contributed by atoms with Gasteiger partial charge in [0.25, 0.3) is 0 Å². The Morgan fingerprint density at radius 1 is 1.41 bits per heavy atom. The molecule has 0 aliphatic carbocycles. The zero-order valence-corrected chi connectivity index (χ0v) is 9.85. The molecule has 0 fully saturated rings. The van der Waals surface area contributed by atoms with E-state index in [1.807, 2.05) is 13.0 Å². The number of pyridine rings is 1. The number of hydrogen-bond donors (Lipinski definition) is 2. The quantitative estimate of drug-likeness (QED) is 0.718. The Bertz CT molecular complexity index is 422. The number of nitrogens with zero attached hydrogens (tertiary/aromatic N) is 2. The molecule has 2 N–H and O–H groups in total. The highest BCUT2D eigenvalue weighted by Gasteiger charge is 2.11. The molecule has 1 rings (SSSR count). The first-order valence-electron chi connectivity index (χ1n) is 4.86. The Labute approximate surface area is 98.7 Å². The Morgan fingerprint density at radius 3 is 2.71 bits per heavy atom. The maximum absolute atomic E-state index is 11.4. The summed E-state index contributed by atoms with van der Waals surface area (Å²) in [5.74, 6) is 0.403. The molecule has 0 bridgehead atoms. The van der Waals surface area contributed by atoms with E-state index < -0.39 is 12.1 Å². The number of carbonyl (C=O) groups is 2. The minimum absolute atomic E-state index is 0.403. The van der Waals surface area contributed by atoms with Crippen molar-refractivity contribution in [2.45, 2.75) is 6.92 Å². The third-order valence-electron chi connectivity index (χ3n) is 1.85. The first-order valence-corrected chi connectivity index (χ1v) is 4.86. The van der Waals surface area contributed by atoms with Crippen LogP contribution in [-0.2, 0) is 4.74 Å². The van der Waals surface area contributed by atoms with Crippen LogP contribution in [0.4, 0.5) is 15.4 Å². The number of methoxy groups -OCH3 is 1. The fraction of sp³-hybridized carbons (Fsp3) is 0.300. The van der Waals surface area contributed by atoms with E-state index in [-0.39, 0.29) is 0 Å². The van der Waals surface area contributed by atoms with Crippen LogP contribution in [0.2, 0.25) is 0 Å². The highest BCUT2D eigenvalue weighted by Crippen LogP contribution is 2.03. The number of urea groups is 1. The molecule has 0 aliphatic heterocycles. The number of hydrogen-bond acceptors (Lipinski definition) is 4. The van der Waals surface area contributed by atoms with Crippen molar-refractivity contribution in [1.29, 1.82) is 0 Å². The van der Waals surface area contributed by atoms with Crippen molar-refractivity contribution in [2.75, 3.05) is 19.5 Å². The van der Waals surface area contributed by atoms with Crippen LogP contribution in [0, 0.1) is 6.92 Å². The van der Waals surface area contributed by atoms with Crippen LogP contribution in [0.15, 0.2) is 18.2 Å². The summed E-state index contributed by atoms with van der Waals surface area (Å²) in [7, 11) is 2.59. The molecule has 7 heteroatoms. The number of aryl methyl sites for hydroxylation is 1. The molecule has 7 nitrogen and oxygen atoms in total. The summed E-state index contributed by atoms with van der Waals surface area (Å²) in [6, 6.07) is 4.65. The van der Waals surface area contributed by atoms with Crippen LogP contribution in [0.5, 0.6) is 0 Å². The third kappa shape index (κ3) is 3.98. The molecular formula is C10H14N4O3. The average molecular weight is 238 g/mol. The van der Waals surface area contributed by atoms with Gasteiger partial charge in [0.05, 0.1) is 7.11 Å². The van der Waals surface area contributed by atoms with Crippen LogP contribution in [0.1, 0.15) is 5.69 Å². The van der Waals surface area contributed by atoms with Crippen LogP contribution in [0.3, 0.4) is 0 Å². The van der Waals surface area contributed by atoms with Gasteiger partial charge in [-0.3, -0.25) is 5.32 Å². The summed E-state index contributed by atoms with van der Waals surface area (Å²) >= 11 is 0. The molecule has 0 aromatic carbocycles. The molecule has 0 atom stereocenters. The number of rotatable bonds is 1. The molecule has 0 unspecified atom stereocenters. The number of nitrogens with one attached hydrogen (secondary N) is 2. The van der Waals surface area contributed by atoms with Crippen molar-refractivity contribution in [1.82, 2.24) is 15.4 Å². The second kappa shape index (κ2) is 5.69. The topological polar surface area (TPSA) is 83.6 Å². The Balaban J connectivity index is 2.53. The van der Waals surface area contributed by atoms with Gasteiger partial charge in [-0.15, -0.1) is 0 Å². The summed E-state index contributed by atoms with van der Waals surface area (Å²) in [6.45, 7) is 1.81. The van der Waals surface area contributed by atoms with Gasteiger partial charge < -0.3 is 4.74 Å². The van der Waals surface area contributed by atoms with E-state index in [1.54, 1.807) is 12.1 Å². The van der Waals surface area contributed by atoms with E-state index >= 15 is 0 Å². The molecule has 3 amide bonds. The average Bonchev–Trinajstić information content (AvgIpc) is 2.27. The van der Waals surface area contributed by atoms with Crippen LogP contribution < -0.4 is 10.7 Å². The second-order valence-electron chi connectivity index (χ2n) is 3.26. The number of hydrazine groups is 1. The molecule has 17 heavy (non-hydrogen) atoms. The van der Waals surface area contributed by atoms with Crippen molar-refractivity contribution in [3.63, 3.8) is 0 Å². The molecular weight excluding hydrogens is 224 g/mol. The van der Waals surface area contributed by atoms with Gasteiger partial charge in [-0.25, -0.2) is 25.0 Å². The van der Waals surface area contributed by atoms with Crippen LogP contribution >= 0.6 is 0 Å². The number of amides is 3. The minimum atomic E-state index is -0.669. The standard InChI is InChI=1S/C10H14N4O3/c1-7-5-4-6-8(11-7)12-9(15)13-14(2)10(16)17-3/h4-6H,1-3H3,(H2,11,12,13,15). The number of ether oxygens (including phenoxy) is 1. The summed E-state index contributed by atoms with van der Waals surface area (Å²) in [5.41, 5.74) is 3.05. The molecule has 0 saturated heterocycles. The predicted molar refractivity (Wildman–Crippen MR) is 61.3 cm³/mol. The smallest absolute Gasteiger partial charge is 0.428 e. The maximum atomic E-state index is 11.4. The predicted octanol–water partition coefficient (Wildman–Crippen LogP) is 1.12. The second-order valence-corrected chi connectivity index (χ2v) is 3.26. The number of carbonyl (C=O) groups excluding carboxylic acids is 2. The maximum Gasteiger partial charge on any atom is 0.428 e. The lowest BCUT2D eigenvalue weighted by Gasteiger charge is -2.16. The molecule has 1 aromatic heterocycles. The van der Waals surface area contributed by atoms with E-state index in [9.17, 15) is 9.59 Å². The van der Waals surface area contributed by atoms with Gasteiger partial charge >= 0.3 is 12.1 Å². The van der Waals surface area contributed by atoms with E-state index in [1.165, 1.54) is 14.2 Å². The fourth-order valence-electron chi connectivity index (χ4n) is 1.09. The molecule has 0 radical (unpaired) electrons. The number of aromatic nitrogens is 1. The van der Waals surface area contributed by atoms with Crippen molar-refractivity contribution in [3.05, 3.63) is 23.9 Å². The van der Waals surface area contributed by atoms with Crippen LogP contribution in [-0.4, -0.2) is 36.3 Å². The van der Waals surface area contributed by atoms with Crippen molar-refractivity contribution in [3.8, 4) is 0 Å². The van der Waals surface area contributed by atoms with Crippen molar-refractivity contribution < 1.29 is 14.3 Å². The Hall–Kier alpha value is -2.31. The molecule has 92 valence electrons. The SMILES string of the molecule is COC(=O)N(C)NC(=O)Nc1cccc(C)n1. The van der Waals surface area contributed by atoms with E-state index in [4.69, 9.17) is 0 Å². The van der Waals surface area contributed by atoms with E-state index in [0.717, 1.165) is 10.7 Å². The Morgan fingerprint density at radius 2 is 2.12 bits per heavy atom. The third-order valence-corrected chi connectivity index (χ3v) is 1.85. The first kappa shape index (κ1) is 12.8. The zero-order chi connectivity index (χ0) is 12.8. The normalized spacial score (nSPS) is 9.35. The van der Waals surface area contributed by atoms with Gasteiger partial charge in [0.1, 0.15) is 5.82 Å². The van der Waals surface area contributed by atoms with Gasteiger partial charge in [0, 0.05) is 12.7 Å². The van der Waals surface area contributed by atoms with Crippen molar-refractivity contribution in [2.24, 2.45) is 0 Å². The fourth-order valence-corrected chi connectivity index (χ4v) is 1.09. The summed E-state index contributed by atoms with van der Waals surface area (Å²) in [6.07, 6.45) is -0.669. The minimum Gasteiger partial charge on any atom is -0.452 e. The largest absolute Gasteiger partial charge is 0.452 e. The zero-order valence-electron chi connectivity index (χ0n) is 9.85. The van der Waals surface area contributed by atoms with Gasteiger partial charge in [-0.2, -0.15) is 0 Å². The van der Waals surface area contributed by atoms with Gasteiger partial charge in [-0.1, -0.05) is 6.07 Å². The highest BCUT2D eigenvalue weighted by atomic mass is 16.5. The Kier molecular flexibility index (Phi) is 4.27. The lowest BCUT2D eigenvalue weighted by atomic mass is 10.4. The monoisotopic (exact) mass is 238 g/mol. The first-order chi connectivity index (χ1) is 8.02. The summed E-state index contributed by atoms with van der Waals surface area (Å²) < 4.78 is 4.41. The summed E-state index contributed by atoms with van der Waals surface area (Å²) in [5, 5.41) is 3.40.